The molecule has 1 atom stereocenters. The molecule has 0 saturated heterocycles. The zero-order valence-corrected chi connectivity index (χ0v) is 9.00. The van der Waals surface area contributed by atoms with Crippen LogP contribution in [0.15, 0.2) is 18.2 Å². The van der Waals surface area contributed by atoms with Crippen LogP contribution in [0.3, 0.4) is 0 Å². The molecule has 0 heterocycles. The van der Waals surface area contributed by atoms with Crippen LogP contribution >= 0.6 is 12.4 Å². The highest BCUT2D eigenvalue weighted by Gasteiger charge is 2.19. The van der Waals surface area contributed by atoms with Crippen LogP contribution in [0, 0.1) is 10.1 Å². The number of hydrogen-bond acceptors (Lipinski definition) is 3. The van der Waals surface area contributed by atoms with Crippen LogP contribution in [0.5, 0.6) is 0 Å². The van der Waals surface area contributed by atoms with E-state index in [1.807, 2.05) is 6.07 Å². The minimum atomic E-state index is -0.373. The highest BCUT2D eigenvalue weighted by Crippen LogP contribution is 2.30. The maximum absolute atomic E-state index is 10.6. The lowest BCUT2D eigenvalue weighted by atomic mass is 9.88. The molecule has 0 aromatic heterocycles. The Balaban J connectivity index is 0.00000112. The van der Waals surface area contributed by atoms with Crippen LogP contribution in [0.1, 0.15) is 30.0 Å². The summed E-state index contributed by atoms with van der Waals surface area (Å²) in [5.74, 6) is 0. The first kappa shape index (κ1) is 11.9. The largest absolute Gasteiger partial charge is 0.324 e. The van der Waals surface area contributed by atoms with Gasteiger partial charge in [-0.15, -0.1) is 12.4 Å². The summed E-state index contributed by atoms with van der Waals surface area (Å²) in [6, 6.07) is 4.96. The fourth-order valence-electron chi connectivity index (χ4n) is 1.94. The minimum Gasteiger partial charge on any atom is -0.324 e. The van der Waals surface area contributed by atoms with E-state index in [-0.39, 0.29) is 29.1 Å². The maximum atomic E-state index is 10.6. The fraction of sp³-hybridized carbons (Fsp3) is 0.400. The maximum Gasteiger partial charge on any atom is 0.269 e. The third-order valence-corrected chi connectivity index (χ3v) is 2.70. The molecule has 0 radical (unpaired) electrons. The third-order valence-electron chi connectivity index (χ3n) is 2.70. The van der Waals surface area contributed by atoms with Crippen molar-refractivity contribution in [3.63, 3.8) is 0 Å². The molecule has 0 bridgehead atoms. The molecule has 1 aromatic rings. The lowest BCUT2D eigenvalue weighted by Crippen LogP contribution is -2.17. The number of nitrogens with zero attached hydrogens (tertiary/aromatic N) is 1. The third kappa shape index (κ3) is 2.27. The van der Waals surface area contributed by atoms with Crippen molar-refractivity contribution in [1.29, 1.82) is 0 Å². The molecule has 1 unspecified atom stereocenters. The van der Waals surface area contributed by atoms with E-state index in [2.05, 4.69) is 0 Å². The second kappa shape index (κ2) is 4.59. The van der Waals surface area contributed by atoms with Crippen LogP contribution in [-0.2, 0) is 6.42 Å². The normalized spacial score (nSPS) is 18.9. The zero-order valence-electron chi connectivity index (χ0n) is 8.18. The van der Waals surface area contributed by atoms with Gasteiger partial charge in [-0.05, 0) is 30.4 Å². The number of nitrogens with two attached hydrogens (primary N) is 1. The van der Waals surface area contributed by atoms with Gasteiger partial charge in [-0.3, -0.25) is 10.1 Å². The van der Waals surface area contributed by atoms with E-state index in [1.54, 1.807) is 12.1 Å². The van der Waals surface area contributed by atoms with E-state index in [0.29, 0.717) is 0 Å². The van der Waals surface area contributed by atoms with Gasteiger partial charge in [0, 0.05) is 18.2 Å². The average molecular weight is 229 g/mol. The molecule has 0 amide bonds. The highest BCUT2D eigenvalue weighted by molar-refractivity contribution is 5.85. The van der Waals surface area contributed by atoms with E-state index >= 15 is 0 Å². The van der Waals surface area contributed by atoms with Gasteiger partial charge >= 0.3 is 0 Å². The second-order valence-electron chi connectivity index (χ2n) is 3.64. The van der Waals surface area contributed by atoms with Gasteiger partial charge in [0.15, 0.2) is 0 Å². The van der Waals surface area contributed by atoms with Crippen molar-refractivity contribution in [3.05, 3.63) is 39.4 Å². The van der Waals surface area contributed by atoms with Crippen molar-refractivity contribution in [1.82, 2.24) is 0 Å². The first-order valence-corrected chi connectivity index (χ1v) is 4.71. The Bertz CT molecular complexity index is 382. The zero-order chi connectivity index (χ0) is 10.1. The monoisotopic (exact) mass is 228 g/mol. The Labute approximate surface area is 94.0 Å². The summed E-state index contributed by atoms with van der Waals surface area (Å²) in [5.41, 5.74) is 8.14. The van der Waals surface area contributed by atoms with Crippen LogP contribution in [0.4, 0.5) is 5.69 Å². The molecule has 0 aliphatic heterocycles. The summed E-state index contributed by atoms with van der Waals surface area (Å²) in [6.45, 7) is 0. The lowest BCUT2D eigenvalue weighted by Gasteiger charge is -2.21. The summed E-state index contributed by atoms with van der Waals surface area (Å²) in [7, 11) is 0. The van der Waals surface area contributed by atoms with Crippen molar-refractivity contribution < 1.29 is 4.92 Å². The predicted molar refractivity (Wildman–Crippen MR) is 60.2 cm³/mol. The molecule has 1 aromatic carbocycles. The summed E-state index contributed by atoms with van der Waals surface area (Å²) in [4.78, 5) is 10.2. The molecular formula is C10H13ClN2O2. The topological polar surface area (TPSA) is 69.2 Å². The molecule has 4 nitrogen and oxygen atoms in total. The van der Waals surface area contributed by atoms with Crippen LogP contribution < -0.4 is 5.73 Å². The van der Waals surface area contributed by atoms with E-state index < -0.39 is 0 Å². The molecule has 15 heavy (non-hydrogen) atoms. The van der Waals surface area contributed by atoms with Crippen LogP contribution in [-0.4, -0.2) is 4.92 Å². The first-order valence-electron chi connectivity index (χ1n) is 4.71. The predicted octanol–water partition coefficient (Wildman–Crippen LogP) is 2.35. The Morgan fingerprint density at radius 1 is 1.47 bits per heavy atom. The molecule has 0 spiro atoms. The van der Waals surface area contributed by atoms with Crippen molar-refractivity contribution >= 4 is 18.1 Å². The van der Waals surface area contributed by atoms with E-state index in [1.165, 1.54) is 0 Å². The van der Waals surface area contributed by atoms with Gasteiger partial charge in [0.2, 0.25) is 0 Å². The van der Waals surface area contributed by atoms with E-state index in [4.69, 9.17) is 5.73 Å². The SMILES string of the molecule is Cl.NC1CCCc2ccc([N+](=O)[O-])cc21. The minimum absolute atomic E-state index is 0. The highest BCUT2D eigenvalue weighted by atomic mass is 35.5. The summed E-state index contributed by atoms with van der Waals surface area (Å²) >= 11 is 0. The lowest BCUT2D eigenvalue weighted by molar-refractivity contribution is -0.385. The van der Waals surface area contributed by atoms with E-state index in [9.17, 15) is 10.1 Å². The second-order valence-corrected chi connectivity index (χ2v) is 3.64. The van der Waals surface area contributed by atoms with Gasteiger partial charge in [-0.1, -0.05) is 6.07 Å². The molecule has 82 valence electrons. The van der Waals surface area contributed by atoms with Gasteiger partial charge in [-0.2, -0.15) is 0 Å². The Kier molecular flexibility index (Phi) is 3.66. The van der Waals surface area contributed by atoms with Crippen molar-refractivity contribution in [3.8, 4) is 0 Å². The van der Waals surface area contributed by atoms with Crippen molar-refractivity contribution in [2.45, 2.75) is 25.3 Å². The summed E-state index contributed by atoms with van der Waals surface area (Å²) in [5, 5.41) is 10.6. The molecular weight excluding hydrogens is 216 g/mol. The van der Waals surface area contributed by atoms with Gasteiger partial charge in [0.1, 0.15) is 0 Å². The van der Waals surface area contributed by atoms with E-state index in [0.717, 1.165) is 30.4 Å². The standard InChI is InChI=1S/C10H12N2O2.ClH/c11-10-3-1-2-7-4-5-8(12(13)14)6-9(7)10;/h4-6,10H,1-3,11H2;1H. The number of halogens is 1. The number of fused-ring (bicyclic) bond motifs is 1. The average Bonchev–Trinajstić information content (AvgIpc) is 2.18. The first-order chi connectivity index (χ1) is 6.68. The fourth-order valence-corrected chi connectivity index (χ4v) is 1.94. The molecule has 5 heteroatoms. The Morgan fingerprint density at radius 3 is 2.87 bits per heavy atom. The number of benzene rings is 1. The summed E-state index contributed by atoms with van der Waals surface area (Å²) < 4.78 is 0. The van der Waals surface area contributed by atoms with Gasteiger partial charge < -0.3 is 5.73 Å². The van der Waals surface area contributed by atoms with Gasteiger partial charge in [0.05, 0.1) is 4.92 Å². The molecule has 1 aliphatic rings. The number of nitro groups is 1. The Hall–Kier alpha value is -1.13. The molecule has 2 N–H and O–H groups in total. The van der Waals surface area contributed by atoms with Crippen molar-refractivity contribution in [2.75, 3.05) is 0 Å². The number of rotatable bonds is 1. The molecule has 2 rings (SSSR count). The number of aryl methyl sites for hydroxylation is 1. The summed E-state index contributed by atoms with van der Waals surface area (Å²) in [6.07, 6.45) is 2.99. The Morgan fingerprint density at radius 2 is 2.20 bits per heavy atom. The molecule has 1 aliphatic carbocycles. The smallest absolute Gasteiger partial charge is 0.269 e. The number of nitro benzene ring substituents is 1. The number of non-ortho nitro benzene ring substituents is 1. The quantitative estimate of drug-likeness (QED) is 0.593. The van der Waals surface area contributed by atoms with Gasteiger partial charge in [0.25, 0.3) is 5.69 Å². The van der Waals surface area contributed by atoms with Crippen molar-refractivity contribution in [2.24, 2.45) is 5.73 Å². The van der Waals surface area contributed by atoms with Crippen LogP contribution in [0.25, 0.3) is 0 Å². The molecule has 0 fully saturated rings. The number of hydrogen-bond donors (Lipinski definition) is 1. The van der Waals surface area contributed by atoms with Gasteiger partial charge in [-0.25, -0.2) is 0 Å². The van der Waals surface area contributed by atoms with Crippen LogP contribution in [0.2, 0.25) is 0 Å². The molecule has 0 saturated carbocycles.